The maximum atomic E-state index is 6.64. The topological polar surface area (TPSA) is 54.5 Å². The van der Waals surface area contributed by atoms with Gasteiger partial charge < -0.3 is 14.3 Å². The largest absolute Gasteiger partial charge is 0.456 e. The number of furan rings is 1. The molecule has 0 bridgehead atoms. The van der Waals surface area contributed by atoms with Crippen LogP contribution in [0.25, 0.3) is 55.0 Å². The summed E-state index contributed by atoms with van der Waals surface area (Å²) in [5.74, 6) is 1.23. The quantitative estimate of drug-likeness (QED) is 0.184. The molecule has 12 rings (SSSR count). The number of hydrogen-bond donors (Lipinski definition) is 2. The molecule has 6 heteroatoms. The van der Waals surface area contributed by atoms with Crippen LogP contribution in [-0.4, -0.2) is 10.4 Å². The third-order valence-corrected chi connectivity index (χ3v) is 13.1. The van der Waals surface area contributed by atoms with Crippen molar-refractivity contribution in [3.8, 4) is 5.69 Å². The number of hydrogen-bond acceptors (Lipinski definition) is 5. The van der Waals surface area contributed by atoms with Gasteiger partial charge in [0, 0.05) is 49.2 Å². The molecule has 7 aromatic carbocycles. The third-order valence-electron chi connectivity index (χ3n) is 11.8. The highest BCUT2D eigenvalue weighted by atomic mass is 32.2. The summed E-state index contributed by atoms with van der Waals surface area (Å²) in [6.45, 7) is 0. The Morgan fingerprint density at radius 3 is 2.19 bits per heavy atom. The smallest absolute Gasteiger partial charge is 0.136 e. The second kappa shape index (κ2) is 13.0. The van der Waals surface area contributed by atoms with E-state index < -0.39 is 0 Å². The molecule has 4 heterocycles. The highest BCUT2D eigenvalue weighted by molar-refractivity contribution is 8.03. The van der Waals surface area contributed by atoms with Gasteiger partial charge in [-0.2, -0.15) is 0 Å². The first-order valence-electron chi connectivity index (χ1n) is 19.6. The molecule has 57 heavy (non-hydrogen) atoms. The number of nitrogens with zero attached hydrogens (tertiary/aromatic N) is 2. The number of aromatic nitrogens is 1. The number of para-hydroxylation sites is 2. The minimum absolute atomic E-state index is 0.189. The maximum Gasteiger partial charge on any atom is 0.136 e. The number of fused-ring (bicyclic) bond motifs is 9. The van der Waals surface area contributed by atoms with Crippen molar-refractivity contribution in [1.82, 2.24) is 15.2 Å². The normalized spacial score (nSPS) is 18.9. The number of thioether (sulfide) groups is 1. The van der Waals surface area contributed by atoms with Crippen LogP contribution in [0, 0.1) is 0 Å². The van der Waals surface area contributed by atoms with Gasteiger partial charge in [0.1, 0.15) is 29.3 Å². The molecule has 2 aromatic heterocycles. The van der Waals surface area contributed by atoms with Crippen LogP contribution in [-0.2, 0) is 0 Å². The number of nitrogens with one attached hydrogen (secondary N) is 2. The van der Waals surface area contributed by atoms with Gasteiger partial charge in [-0.15, -0.1) is 0 Å². The number of amidine groups is 1. The van der Waals surface area contributed by atoms with Crippen molar-refractivity contribution in [3.05, 3.63) is 209 Å². The lowest BCUT2D eigenvalue weighted by molar-refractivity contribution is 0.411. The Balaban J connectivity index is 0.870. The summed E-state index contributed by atoms with van der Waals surface area (Å²) < 4.78 is 9.07. The third kappa shape index (κ3) is 5.32. The molecule has 0 spiro atoms. The van der Waals surface area contributed by atoms with Crippen molar-refractivity contribution in [1.29, 1.82) is 0 Å². The highest BCUT2D eigenvalue weighted by Gasteiger charge is 2.32. The van der Waals surface area contributed by atoms with E-state index in [0.29, 0.717) is 5.92 Å². The predicted octanol–water partition coefficient (Wildman–Crippen LogP) is 12.6. The van der Waals surface area contributed by atoms with Crippen molar-refractivity contribution >= 4 is 66.9 Å². The zero-order valence-electron chi connectivity index (χ0n) is 30.9. The van der Waals surface area contributed by atoms with E-state index in [-0.39, 0.29) is 12.3 Å². The van der Waals surface area contributed by atoms with E-state index in [2.05, 4.69) is 179 Å². The molecule has 0 saturated carbocycles. The molecular weight excluding hydrogens is 717 g/mol. The van der Waals surface area contributed by atoms with Crippen LogP contribution in [0.5, 0.6) is 0 Å². The van der Waals surface area contributed by atoms with Gasteiger partial charge in [-0.05, 0) is 88.2 Å². The van der Waals surface area contributed by atoms with E-state index in [9.17, 15) is 0 Å². The minimum Gasteiger partial charge on any atom is -0.456 e. The van der Waals surface area contributed by atoms with Crippen LogP contribution >= 0.6 is 11.8 Å². The fraction of sp³-hybridized carbons (Fsp3) is 0.0784. The van der Waals surface area contributed by atoms with Gasteiger partial charge in [0.05, 0.1) is 11.0 Å². The molecule has 0 radical (unpaired) electrons. The Morgan fingerprint density at radius 1 is 0.632 bits per heavy atom. The van der Waals surface area contributed by atoms with E-state index >= 15 is 0 Å². The minimum atomic E-state index is -0.206. The zero-order chi connectivity index (χ0) is 37.5. The van der Waals surface area contributed by atoms with E-state index in [1.165, 1.54) is 54.0 Å². The Labute approximate surface area is 334 Å². The monoisotopic (exact) mass is 752 g/mol. The number of rotatable bonds is 5. The molecule has 1 aliphatic carbocycles. The fourth-order valence-corrected chi connectivity index (χ4v) is 10.4. The van der Waals surface area contributed by atoms with Crippen molar-refractivity contribution in [2.24, 2.45) is 4.99 Å². The van der Waals surface area contributed by atoms with Crippen molar-refractivity contribution in [2.75, 3.05) is 0 Å². The highest BCUT2D eigenvalue weighted by Crippen LogP contribution is 2.54. The molecule has 2 N–H and O–H groups in total. The molecule has 3 unspecified atom stereocenters. The van der Waals surface area contributed by atoms with Crippen LogP contribution in [0.2, 0.25) is 0 Å². The van der Waals surface area contributed by atoms with E-state index in [1.54, 1.807) is 0 Å². The molecule has 0 fully saturated rings. The Morgan fingerprint density at radius 2 is 1.39 bits per heavy atom. The van der Waals surface area contributed by atoms with E-state index in [1.807, 2.05) is 23.9 Å². The summed E-state index contributed by atoms with van der Waals surface area (Å²) in [4.78, 5) is 7.88. The second-order valence-electron chi connectivity index (χ2n) is 15.1. The Bertz CT molecular complexity index is 3100. The summed E-state index contributed by atoms with van der Waals surface area (Å²) in [6.07, 6.45) is 5.38. The number of benzene rings is 7. The molecule has 2 aliphatic heterocycles. The van der Waals surface area contributed by atoms with Crippen LogP contribution in [0.3, 0.4) is 0 Å². The van der Waals surface area contributed by atoms with Crippen molar-refractivity contribution in [3.63, 3.8) is 0 Å². The van der Waals surface area contributed by atoms with Crippen LogP contribution < -0.4 is 10.6 Å². The number of aliphatic imine (C=N–C) groups is 1. The molecule has 0 amide bonds. The molecule has 3 atom stereocenters. The van der Waals surface area contributed by atoms with Crippen molar-refractivity contribution < 1.29 is 4.42 Å². The summed E-state index contributed by atoms with van der Waals surface area (Å²) in [7, 11) is 0. The van der Waals surface area contributed by atoms with Crippen LogP contribution in [0.15, 0.2) is 195 Å². The standard InChI is InChI=1S/C51H36N4OS/c1-3-12-31(13-4-1)49-52-50(32-14-5-2-6-15-32)54-51(53-49)40-18-11-21-44-48(40)39-26-23-33(28-45(39)56-44)34-22-25-38-41-30-35(24-27-46(41)57-47(38)29-34)55-42-19-9-7-16-36(42)37-17-8-10-20-43(37)55/h1-24,26-30,38,49,51,53H,25H2,(H,52,54). The summed E-state index contributed by atoms with van der Waals surface area (Å²) in [5, 5.41) is 12.3. The molecule has 5 nitrogen and oxygen atoms in total. The average molecular weight is 753 g/mol. The Kier molecular flexibility index (Phi) is 7.43. The first-order valence-corrected chi connectivity index (χ1v) is 20.4. The van der Waals surface area contributed by atoms with Gasteiger partial charge in [0.25, 0.3) is 0 Å². The lowest BCUT2D eigenvalue weighted by Gasteiger charge is -2.32. The molecule has 272 valence electrons. The second-order valence-corrected chi connectivity index (χ2v) is 16.2. The first kappa shape index (κ1) is 32.6. The Hall–Kier alpha value is -6.60. The fourth-order valence-electron chi connectivity index (χ4n) is 9.16. The first-order chi connectivity index (χ1) is 28.2. The number of allylic oxidation sites excluding steroid dienone is 4. The molecular formula is C51H36N4OS. The summed E-state index contributed by atoms with van der Waals surface area (Å²) in [6, 6.07) is 58.4. The maximum absolute atomic E-state index is 6.64. The van der Waals surface area contributed by atoms with Gasteiger partial charge in [0.2, 0.25) is 0 Å². The van der Waals surface area contributed by atoms with Gasteiger partial charge in [-0.25, -0.2) is 4.99 Å². The SMILES string of the molecule is C1=C(c2ccc3c(c2)oc2cccc(C4NC(c5ccccc5)=NC(c5ccccc5)N4)c23)C=C2Sc3ccc(-n4c5ccccc5c5ccccc54)cc3C2C1. The van der Waals surface area contributed by atoms with Gasteiger partial charge in [-0.1, -0.05) is 133 Å². The van der Waals surface area contributed by atoms with E-state index in [0.717, 1.165) is 50.9 Å². The predicted molar refractivity (Wildman–Crippen MR) is 235 cm³/mol. The van der Waals surface area contributed by atoms with Gasteiger partial charge in [-0.3, -0.25) is 5.32 Å². The molecule has 3 aliphatic rings. The van der Waals surface area contributed by atoms with Gasteiger partial charge in [0.15, 0.2) is 0 Å². The van der Waals surface area contributed by atoms with Crippen molar-refractivity contribution in [2.45, 2.75) is 29.6 Å². The van der Waals surface area contributed by atoms with Crippen LogP contribution in [0.4, 0.5) is 0 Å². The summed E-state index contributed by atoms with van der Waals surface area (Å²) in [5.41, 5.74) is 12.6. The average Bonchev–Trinajstić information content (AvgIpc) is 3.95. The molecule has 9 aromatic rings. The molecule has 0 saturated heterocycles. The lowest BCUT2D eigenvalue weighted by Crippen LogP contribution is -2.45. The van der Waals surface area contributed by atoms with E-state index in [4.69, 9.17) is 9.41 Å². The van der Waals surface area contributed by atoms with Gasteiger partial charge >= 0.3 is 0 Å². The summed E-state index contributed by atoms with van der Waals surface area (Å²) >= 11 is 1.92. The lowest BCUT2D eigenvalue weighted by atomic mass is 9.88. The zero-order valence-corrected chi connectivity index (χ0v) is 31.7. The van der Waals surface area contributed by atoms with Crippen LogP contribution in [0.1, 0.15) is 52.5 Å².